The molecule has 0 aromatic heterocycles. The molecule has 0 unspecified atom stereocenters. The van der Waals surface area contributed by atoms with Gasteiger partial charge in [-0.1, -0.05) is 30.3 Å². The van der Waals surface area contributed by atoms with E-state index in [2.05, 4.69) is 50.3 Å². The highest BCUT2D eigenvalue weighted by Crippen LogP contribution is 2.08. The minimum atomic E-state index is 0. The molecule has 0 radical (unpaired) electrons. The number of piperazine rings is 2. The third-order valence-electron chi connectivity index (χ3n) is 4.66. The van der Waals surface area contributed by atoms with E-state index in [9.17, 15) is 0 Å². The van der Waals surface area contributed by atoms with Gasteiger partial charge < -0.3 is 5.32 Å². The van der Waals surface area contributed by atoms with Gasteiger partial charge in [-0.25, -0.2) is 0 Å². The van der Waals surface area contributed by atoms with Crippen LogP contribution in [0.5, 0.6) is 0 Å². The van der Waals surface area contributed by atoms with Crippen molar-refractivity contribution in [3.63, 3.8) is 0 Å². The molecule has 140 valence electrons. The van der Waals surface area contributed by atoms with Crippen LogP contribution in [0.15, 0.2) is 30.3 Å². The Bertz CT molecular complexity index is 408. The maximum atomic E-state index is 3.42. The molecule has 0 spiro atoms. The van der Waals surface area contributed by atoms with Gasteiger partial charge in [0.2, 0.25) is 0 Å². The molecule has 4 nitrogen and oxygen atoms in total. The Hall–Kier alpha value is -0.0700. The second-order valence-electron chi connectivity index (χ2n) is 6.20. The molecule has 1 N–H and O–H groups in total. The summed E-state index contributed by atoms with van der Waals surface area (Å²) in [4.78, 5) is 7.80. The minimum absolute atomic E-state index is 0. The number of hydrogen-bond acceptors (Lipinski definition) is 4. The van der Waals surface area contributed by atoms with Gasteiger partial charge in [0.25, 0.3) is 0 Å². The van der Waals surface area contributed by atoms with E-state index in [1.54, 1.807) is 0 Å². The molecule has 0 amide bonds. The Balaban J connectivity index is 0.00000176. The smallest absolute Gasteiger partial charge is 0.0234 e. The first-order chi connectivity index (χ1) is 10.4. The van der Waals surface area contributed by atoms with Gasteiger partial charge in [0.05, 0.1) is 0 Å². The summed E-state index contributed by atoms with van der Waals surface area (Å²) in [5.41, 5.74) is 1.44. The van der Waals surface area contributed by atoms with Crippen molar-refractivity contribution in [2.75, 3.05) is 65.4 Å². The van der Waals surface area contributed by atoms with Crippen molar-refractivity contribution >= 4 is 37.2 Å². The van der Waals surface area contributed by atoms with Crippen LogP contribution >= 0.6 is 37.2 Å². The summed E-state index contributed by atoms with van der Waals surface area (Å²) < 4.78 is 0. The molecule has 1 aromatic carbocycles. The van der Waals surface area contributed by atoms with Crippen molar-refractivity contribution in [2.45, 2.75) is 6.54 Å². The lowest BCUT2D eigenvalue weighted by Gasteiger charge is -2.36. The van der Waals surface area contributed by atoms with Crippen molar-refractivity contribution in [3.05, 3.63) is 35.9 Å². The van der Waals surface area contributed by atoms with E-state index in [1.807, 2.05) is 0 Å². The van der Waals surface area contributed by atoms with Crippen molar-refractivity contribution in [1.29, 1.82) is 0 Å². The molecule has 7 heteroatoms. The van der Waals surface area contributed by atoms with Crippen molar-refractivity contribution in [1.82, 2.24) is 20.0 Å². The zero-order chi connectivity index (χ0) is 14.3. The second kappa shape index (κ2) is 13.2. The van der Waals surface area contributed by atoms with Crippen molar-refractivity contribution in [2.24, 2.45) is 0 Å². The van der Waals surface area contributed by atoms with E-state index in [-0.39, 0.29) is 37.2 Å². The molecule has 1 aromatic rings. The fourth-order valence-corrected chi connectivity index (χ4v) is 3.23. The zero-order valence-corrected chi connectivity index (χ0v) is 16.7. The SMILES string of the molecule is Cl.Cl.Cl.c1ccc(CN2CCN(CCN3CCNCC3)CC2)cc1. The maximum absolute atomic E-state index is 3.42. The Labute approximate surface area is 165 Å². The summed E-state index contributed by atoms with van der Waals surface area (Å²) in [6, 6.07) is 10.8. The normalized spacial score (nSPS) is 19.7. The second-order valence-corrected chi connectivity index (χ2v) is 6.20. The molecule has 3 rings (SSSR count). The highest BCUT2D eigenvalue weighted by molar-refractivity contribution is 5.86. The van der Waals surface area contributed by atoms with Crippen LogP contribution in [0.3, 0.4) is 0 Å². The first-order valence-electron chi connectivity index (χ1n) is 8.32. The summed E-state index contributed by atoms with van der Waals surface area (Å²) >= 11 is 0. The molecular formula is C17H31Cl3N4. The monoisotopic (exact) mass is 396 g/mol. The van der Waals surface area contributed by atoms with Crippen LogP contribution in [-0.2, 0) is 6.54 Å². The van der Waals surface area contributed by atoms with Crippen LogP contribution in [0.4, 0.5) is 0 Å². The van der Waals surface area contributed by atoms with Gasteiger partial charge in [-0.2, -0.15) is 0 Å². The molecule has 0 saturated carbocycles. The third kappa shape index (κ3) is 7.87. The zero-order valence-electron chi connectivity index (χ0n) is 14.2. The van der Waals surface area contributed by atoms with Crippen molar-refractivity contribution in [3.8, 4) is 0 Å². The van der Waals surface area contributed by atoms with Gasteiger partial charge in [0.1, 0.15) is 0 Å². The molecule has 0 bridgehead atoms. The number of hydrogen-bond donors (Lipinski definition) is 1. The predicted octanol–water partition coefficient (Wildman–Crippen LogP) is 1.97. The molecule has 2 aliphatic heterocycles. The maximum Gasteiger partial charge on any atom is 0.0234 e. The van der Waals surface area contributed by atoms with E-state index < -0.39 is 0 Å². The van der Waals surface area contributed by atoms with E-state index in [4.69, 9.17) is 0 Å². The average Bonchev–Trinajstić information content (AvgIpc) is 2.56. The largest absolute Gasteiger partial charge is 0.314 e. The fraction of sp³-hybridized carbons (Fsp3) is 0.647. The van der Waals surface area contributed by atoms with Crippen molar-refractivity contribution < 1.29 is 0 Å². The highest BCUT2D eigenvalue weighted by atomic mass is 35.5. The lowest BCUT2D eigenvalue weighted by atomic mass is 10.2. The number of rotatable bonds is 5. The number of halogens is 3. The number of nitrogens with one attached hydrogen (secondary N) is 1. The van der Waals surface area contributed by atoms with Gasteiger partial charge in [0, 0.05) is 72.0 Å². The van der Waals surface area contributed by atoms with Gasteiger partial charge in [-0.3, -0.25) is 14.7 Å². The first-order valence-corrected chi connectivity index (χ1v) is 8.32. The lowest BCUT2D eigenvalue weighted by Crippen LogP contribution is -2.50. The van der Waals surface area contributed by atoms with Crippen LogP contribution < -0.4 is 5.32 Å². The van der Waals surface area contributed by atoms with Gasteiger partial charge in [-0.15, -0.1) is 37.2 Å². The fourth-order valence-electron chi connectivity index (χ4n) is 3.23. The minimum Gasteiger partial charge on any atom is -0.314 e. The summed E-state index contributed by atoms with van der Waals surface area (Å²) in [6.07, 6.45) is 0. The standard InChI is InChI=1S/C17H28N4.3ClH/c1-2-4-17(5-3-1)16-21-14-12-20(13-15-21)11-10-19-8-6-18-7-9-19;;;/h1-5,18H,6-16H2;3*1H. The molecule has 2 aliphatic rings. The first kappa shape index (κ1) is 23.9. The Morgan fingerprint density at radius 3 is 1.75 bits per heavy atom. The Morgan fingerprint density at radius 1 is 0.667 bits per heavy atom. The number of benzene rings is 1. The topological polar surface area (TPSA) is 21.8 Å². The summed E-state index contributed by atoms with van der Waals surface area (Å²) in [7, 11) is 0. The van der Waals surface area contributed by atoms with Crippen LogP contribution in [0.1, 0.15) is 5.56 Å². The summed E-state index contributed by atoms with van der Waals surface area (Å²) in [5.74, 6) is 0. The molecule has 2 fully saturated rings. The molecule has 24 heavy (non-hydrogen) atoms. The van der Waals surface area contributed by atoms with Crippen LogP contribution in [0, 0.1) is 0 Å². The van der Waals surface area contributed by atoms with E-state index in [0.29, 0.717) is 0 Å². The average molecular weight is 398 g/mol. The predicted molar refractivity (Wildman–Crippen MR) is 109 cm³/mol. The van der Waals surface area contributed by atoms with E-state index >= 15 is 0 Å². The van der Waals surface area contributed by atoms with Gasteiger partial charge >= 0.3 is 0 Å². The Morgan fingerprint density at radius 2 is 1.17 bits per heavy atom. The van der Waals surface area contributed by atoms with E-state index in [0.717, 1.165) is 19.6 Å². The third-order valence-corrected chi connectivity index (χ3v) is 4.66. The number of nitrogens with zero attached hydrogens (tertiary/aromatic N) is 3. The molecule has 0 aliphatic carbocycles. The highest BCUT2D eigenvalue weighted by Gasteiger charge is 2.18. The van der Waals surface area contributed by atoms with Gasteiger partial charge in [-0.05, 0) is 5.56 Å². The summed E-state index contributed by atoms with van der Waals surface area (Å²) in [6.45, 7) is 13.2. The van der Waals surface area contributed by atoms with Gasteiger partial charge in [0.15, 0.2) is 0 Å². The summed E-state index contributed by atoms with van der Waals surface area (Å²) in [5, 5.41) is 3.42. The Kier molecular flexibility index (Phi) is 13.1. The molecule has 0 atom stereocenters. The molecular weight excluding hydrogens is 367 g/mol. The van der Waals surface area contributed by atoms with Crippen LogP contribution in [-0.4, -0.2) is 80.1 Å². The quantitative estimate of drug-likeness (QED) is 0.820. The molecule has 2 saturated heterocycles. The lowest BCUT2D eigenvalue weighted by molar-refractivity contribution is 0.111. The van der Waals surface area contributed by atoms with Crippen LogP contribution in [0.25, 0.3) is 0 Å². The van der Waals surface area contributed by atoms with Crippen LogP contribution in [0.2, 0.25) is 0 Å². The van der Waals surface area contributed by atoms with E-state index in [1.165, 1.54) is 57.9 Å². The molecule has 2 heterocycles.